The molecule has 1 saturated carbocycles. The van der Waals surface area contributed by atoms with E-state index in [1.54, 1.807) is 4.90 Å². The van der Waals surface area contributed by atoms with Crippen molar-refractivity contribution in [3.63, 3.8) is 0 Å². The molecule has 1 amide bonds. The van der Waals surface area contributed by atoms with Crippen molar-refractivity contribution in [3.8, 4) is 0 Å². The fourth-order valence-electron chi connectivity index (χ4n) is 2.11. The van der Waals surface area contributed by atoms with Crippen LogP contribution in [0.2, 0.25) is 0 Å². The number of nitrogens with zero attached hydrogens (tertiary/aromatic N) is 1. The predicted octanol–water partition coefficient (Wildman–Crippen LogP) is 2.64. The molecule has 0 spiro atoms. The van der Waals surface area contributed by atoms with Crippen LogP contribution in [-0.4, -0.2) is 36.1 Å². The SMILES string of the molecule is Cc1ccc(CN(C(=O)CNCC(F)(F)F)C2CC2)cc1. The number of benzene rings is 1. The number of halogens is 3. The van der Waals surface area contributed by atoms with Gasteiger partial charge in [0.2, 0.25) is 5.91 Å². The first-order valence-corrected chi connectivity index (χ1v) is 6.97. The maximum atomic E-state index is 12.1. The van der Waals surface area contributed by atoms with Crippen LogP contribution in [0, 0.1) is 6.92 Å². The van der Waals surface area contributed by atoms with E-state index in [-0.39, 0.29) is 18.5 Å². The number of hydrogen-bond acceptors (Lipinski definition) is 2. The molecule has 0 atom stereocenters. The molecule has 0 heterocycles. The molecule has 0 aromatic heterocycles. The van der Waals surface area contributed by atoms with Gasteiger partial charge in [0, 0.05) is 12.6 Å². The van der Waals surface area contributed by atoms with Crippen molar-refractivity contribution in [1.29, 1.82) is 0 Å². The van der Waals surface area contributed by atoms with E-state index in [9.17, 15) is 18.0 Å². The molecule has 0 radical (unpaired) electrons. The molecule has 2 rings (SSSR count). The molecule has 1 aromatic rings. The van der Waals surface area contributed by atoms with E-state index in [0.29, 0.717) is 6.54 Å². The van der Waals surface area contributed by atoms with Crippen LogP contribution < -0.4 is 5.32 Å². The molecule has 0 aliphatic heterocycles. The van der Waals surface area contributed by atoms with Crippen molar-refractivity contribution >= 4 is 5.91 Å². The Morgan fingerprint density at radius 1 is 1.29 bits per heavy atom. The molecule has 1 aliphatic rings. The van der Waals surface area contributed by atoms with Gasteiger partial charge in [-0.05, 0) is 25.3 Å². The number of carbonyl (C=O) groups is 1. The van der Waals surface area contributed by atoms with Gasteiger partial charge in [0.05, 0.1) is 13.1 Å². The maximum absolute atomic E-state index is 12.1. The van der Waals surface area contributed by atoms with Gasteiger partial charge in [0.15, 0.2) is 0 Å². The molecule has 0 unspecified atom stereocenters. The third kappa shape index (κ3) is 5.38. The lowest BCUT2D eigenvalue weighted by Crippen LogP contribution is -2.41. The summed E-state index contributed by atoms with van der Waals surface area (Å²) in [7, 11) is 0. The van der Waals surface area contributed by atoms with E-state index in [0.717, 1.165) is 24.0 Å². The van der Waals surface area contributed by atoms with Gasteiger partial charge in [-0.15, -0.1) is 0 Å². The second-order valence-electron chi connectivity index (χ2n) is 5.46. The van der Waals surface area contributed by atoms with Crippen LogP contribution in [0.3, 0.4) is 0 Å². The monoisotopic (exact) mass is 300 g/mol. The third-order valence-electron chi connectivity index (χ3n) is 3.38. The Labute approximate surface area is 122 Å². The van der Waals surface area contributed by atoms with E-state index in [1.807, 2.05) is 31.2 Å². The maximum Gasteiger partial charge on any atom is 0.401 e. The largest absolute Gasteiger partial charge is 0.401 e. The quantitative estimate of drug-likeness (QED) is 0.876. The summed E-state index contributed by atoms with van der Waals surface area (Å²) < 4.78 is 36.2. The van der Waals surface area contributed by atoms with Crippen LogP contribution in [0.15, 0.2) is 24.3 Å². The van der Waals surface area contributed by atoms with E-state index in [2.05, 4.69) is 5.32 Å². The van der Waals surface area contributed by atoms with Crippen molar-refractivity contribution < 1.29 is 18.0 Å². The highest BCUT2D eigenvalue weighted by Gasteiger charge is 2.33. The Morgan fingerprint density at radius 2 is 1.90 bits per heavy atom. The van der Waals surface area contributed by atoms with E-state index in [1.165, 1.54) is 0 Å². The molecule has 3 nitrogen and oxygen atoms in total. The highest BCUT2D eigenvalue weighted by Crippen LogP contribution is 2.28. The molecular weight excluding hydrogens is 281 g/mol. The minimum absolute atomic E-state index is 0.173. The van der Waals surface area contributed by atoms with Crippen LogP contribution in [0.5, 0.6) is 0 Å². The Morgan fingerprint density at radius 3 is 2.43 bits per heavy atom. The molecule has 1 aromatic carbocycles. The Kier molecular flexibility index (Phi) is 4.88. The lowest BCUT2D eigenvalue weighted by Gasteiger charge is -2.23. The zero-order chi connectivity index (χ0) is 15.5. The molecule has 21 heavy (non-hydrogen) atoms. The summed E-state index contributed by atoms with van der Waals surface area (Å²) in [6, 6.07) is 7.99. The first-order chi connectivity index (χ1) is 9.85. The Balaban J connectivity index is 1.89. The molecule has 1 N–H and O–H groups in total. The highest BCUT2D eigenvalue weighted by molar-refractivity contribution is 5.79. The number of carbonyl (C=O) groups excluding carboxylic acids is 1. The zero-order valence-corrected chi connectivity index (χ0v) is 11.9. The Hall–Kier alpha value is -1.56. The summed E-state index contributed by atoms with van der Waals surface area (Å²) >= 11 is 0. The third-order valence-corrected chi connectivity index (χ3v) is 3.38. The molecular formula is C15H19F3N2O. The second kappa shape index (κ2) is 6.47. The summed E-state index contributed by atoms with van der Waals surface area (Å²) in [5.74, 6) is -0.276. The minimum atomic E-state index is -4.29. The number of amides is 1. The summed E-state index contributed by atoms with van der Waals surface area (Å²) in [6.45, 7) is 1.02. The van der Waals surface area contributed by atoms with Crippen LogP contribution in [-0.2, 0) is 11.3 Å². The molecule has 1 aliphatic carbocycles. The topological polar surface area (TPSA) is 32.3 Å². The fraction of sp³-hybridized carbons (Fsp3) is 0.533. The van der Waals surface area contributed by atoms with Crippen molar-refractivity contribution in [2.75, 3.05) is 13.1 Å². The van der Waals surface area contributed by atoms with Gasteiger partial charge < -0.3 is 10.2 Å². The van der Waals surface area contributed by atoms with Gasteiger partial charge in [0.1, 0.15) is 0 Å². The lowest BCUT2D eigenvalue weighted by molar-refractivity contribution is -0.135. The first kappa shape index (κ1) is 15.8. The number of hydrogen-bond donors (Lipinski definition) is 1. The zero-order valence-electron chi connectivity index (χ0n) is 11.9. The fourth-order valence-corrected chi connectivity index (χ4v) is 2.11. The Bertz CT molecular complexity index is 481. The summed E-state index contributed by atoms with van der Waals surface area (Å²) in [5.41, 5.74) is 2.13. The van der Waals surface area contributed by atoms with Crippen molar-refractivity contribution in [2.24, 2.45) is 0 Å². The van der Waals surface area contributed by atoms with Crippen LogP contribution >= 0.6 is 0 Å². The number of alkyl halides is 3. The molecule has 0 bridgehead atoms. The molecule has 1 fully saturated rings. The second-order valence-corrected chi connectivity index (χ2v) is 5.46. The van der Waals surface area contributed by atoms with Gasteiger partial charge in [-0.2, -0.15) is 13.2 Å². The van der Waals surface area contributed by atoms with Crippen LogP contribution in [0.25, 0.3) is 0 Å². The first-order valence-electron chi connectivity index (χ1n) is 6.97. The number of rotatable bonds is 6. The van der Waals surface area contributed by atoms with Crippen molar-refractivity contribution in [1.82, 2.24) is 10.2 Å². The molecule has 6 heteroatoms. The average molecular weight is 300 g/mol. The normalized spacial score (nSPS) is 15.0. The van der Waals surface area contributed by atoms with Crippen LogP contribution in [0.4, 0.5) is 13.2 Å². The minimum Gasteiger partial charge on any atom is -0.334 e. The van der Waals surface area contributed by atoms with Crippen LogP contribution in [0.1, 0.15) is 24.0 Å². The average Bonchev–Trinajstić information content (AvgIpc) is 3.20. The number of nitrogens with one attached hydrogen (secondary N) is 1. The van der Waals surface area contributed by atoms with E-state index < -0.39 is 12.7 Å². The highest BCUT2D eigenvalue weighted by atomic mass is 19.4. The van der Waals surface area contributed by atoms with Gasteiger partial charge >= 0.3 is 6.18 Å². The smallest absolute Gasteiger partial charge is 0.334 e. The van der Waals surface area contributed by atoms with Gasteiger partial charge in [-0.3, -0.25) is 4.79 Å². The van der Waals surface area contributed by atoms with E-state index in [4.69, 9.17) is 0 Å². The summed E-state index contributed by atoms with van der Waals surface area (Å²) in [5, 5.41) is 2.17. The lowest BCUT2D eigenvalue weighted by atomic mass is 10.1. The number of aryl methyl sites for hydroxylation is 1. The summed E-state index contributed by atoms with van der Waals surface area (Å²) in [6.07, 6.45) is -2.44. The van der Waals surface area contributed by atoms with Gasteiger partial charge in [-0.25, -0.2) is 0 Å². The van der Waals surface area contributed by atoms with E-state index >= 15 is 0 Å². The molecule has 0 saturated heterocycles. The van der Waals surface area contributed by atoms with Crippen molar-refractivity contribution in [3.05, 3.63) is 35.4 Å². The molecule has 116 valence electrons. The van der Waals surface area contributed by atoms with Crippen molar-refractivity contribution in [2.45, 2.75) is 38.5 Å². The standard InChI is InChI=1S/C15H19F3N2O/c1-11-2-4-12(5-3-11)9-20(13-6-7-13)14(21)8-19-10-15(16,17)18/h2-5,13,19H,6-10H2,1H3. The summed E-state index contributed by atoms with van der Waals surface area (Å²) in [4.78, 5) is 13.8. The van der Waals surface area contributed by atoms with Gasteiger partial charge in [0.25, 0.3) is 0 Å². The van der Waals surface area contributed by atoms with Gasteiger partial charge in [-0.1, -0.05) is 29.8 Å². The predicted molar refractivity (Wildman–Crippen MR) is 73.7 cm³/mol.